The first kappa shape index (κ1) is 14.3. The predicted octanol–water partition coefficient (Wildman–Crippen LogP) is 2.00. The fourth-order valence-electron chi connectivity index (χ4n) is 2.43. The summed E-state index contributed by atoms with van der Waals surface area (Å²) in [5.74, 6) is 0.00187. The molecule has 1 saturated carbocycles. The molecule has 0 unspecified atom stereocenters. The molecule has 1 amide bonds. The van der Waals surface area contributed by atoms with E-state index in [0.717, 1.165) is 16.5 Å². The molecule has 22 heavy (non-hydrogen) atoms. The van der Waals surface area contributed by atoms with E-state index in [4.69, 9.17) is 4.74 Å². The summed E-state index contributed by atoms with van der Waals surface area (Å²) >= 11 is 0. The van der Waals surface area contributed by atoms with Gasteiger partial charge in [-0.2, -0.15) is 0 Å². The summed E-state index contributed by atoms with van der Waals surface area (Å²) in [5.41, 5.74) is 0. The van der Waals surface area contributed by atoms with E-state index in [9.17, 15) is 14.9 Å². The number of carbonyl (C=O) groups excluding carboxylic acids is 1. The Labute approximate surface area is 127 Å². The minimum atomic E-state index is -0.707. The number of benzene rings is 2. The molecule has 2 atom stereocenters. The zero-order valence-corrected chi connectivity index (χ0v) is 11.9. The molecule has 3 rings (SSSR count). The SMILES string of the molecule is O=C(NCCOc1ccc2ccccc2c1)[C@@H]1C[C@H]1[N+](=O)[O-]. The molecule has 0 radical (unpaired) electrons. The molecule has 0 aliphatic heterocycles. The highest BCUT2D eigenvalue weighted by atomic mass is 16.6. The fraction of sp³-hybridized carbons (Fsp3) is 0.312. The molecule has 2 aromatic carbocycles. The van der Waals surface area contributed by atoms with E-state index in [1.807, 2.05) is 42.5 Å². The Morgan fingerprint density at radius 1 is 1.27 bits per heavy atom. The third-order valence-electron chi connectivity index (χ3n) is 3.76. The maximum atomic E-state index is 11.6. The van der Waals surface area contributed by atoms with Crippen LogP contribution in [0.3, 0.4) is 0 Å². The summed E-state index contributed by atoms with van der Waals surface area (Å²) in [6, 6.07) is 13.1. The van der Waals surface area contributed by atoms with Gasteiger partial charge in [0.1, 0.15) is 18.3 Å². The van der Waals surface area contributed by atoms with Crippen molar-refractivity contribution < 1.29 is 14.5 Å². The average Bonchev–Trinajstić information content (AvgIpc) is 3.32. The second-order valence-corrected chi connectivity index (χ2v) is 5.34. The van der Waals surface area contributed by atoms with Gasteiger partial charge in [-0.15, -0.1) is 0 Å². The lowest BCUT2D eigenvalue weighted by atomic mass is 10.1. The highest BCUT2D eigenvalue weighted by Gasteiger charge is 2.53. The van der Waals surface area contributed by atoms with Crippen molar-refractivity contribution in [3.05, 3.63) is 52.6 Å². The number of amides is 1. The van der Waals surface area contributed by atoms with Gasteiger partial charge < -0.3 is 10.1 Å². The third kappa shape index (κ3) is 3.16. The number of fused-ring (bicyclic) bond motifs is 1. The zero-order valence-electron chi connectivity index (χ0n) is 11.9. The van der Waals surface area contributed by atoms with Crippen LogP contribution in [-0.2, 0) is 4.79 Å². The minimum absolute atomic E-state index is 0.260. The van der Waals surface area contributed by atoms with Gasteiger partial charge in [0.15, 0.2) is 0 Å². The Balaban J connectivity index is 1.44. The van der Waals surface area contributed by atoms with Gasteiger partial charge >= 0.3 is 0 Å². The summed E-state index contributed by atoms with van der Waals surface area (Å²) in [6.45, 7) is 0.673. The van der Waals surface area contributed by atoms with Gasteiger partial charge in [0, 0.05) is 11.3 Å². The fourth-order valence-corrected chi connectivity index (χ4v) is 2.43. The molecular formula is C16H16N2O4. The van der Waals surface area contributed by atoms with Crippen LogP contribution in [0.25, 0.3) is 10.8 Å². The van der Waals surface area contributed by atoms with Gasteiger partial charge in [-0.05, 0) is 22.9 Å². The van der Waals surface area contributed by atoms with E-state index in [1.165, 1.54) is 0 Å². The van der Waals surface area contributed by atoms with Crippen molar-refractivity contribution in [3.8, 4) is 5.75 Å². The lowest BCUT2D eigenvalue weighted by Gasteiger charge is -2.08. The Morgan fingerprint density at radius 3 is 2.77 bits per heavy atom. The Kier molecular flexibility index (Phi) is 3.91. The normalized spacial score (nSPS) is 19.6. The van der Waals surface area contributed by atoms with E-state index in [-0.39, 0.29) is 5.91 Å². The van der Waals surface area contributed by atoms with Gasteiger partial charge in [-0.25, -0.2) is 0 Å². The number of nitro groups is 1. The molecule has 6 heteroatoms. The molecule has 0 saturated heterocycles. The number of hydrogen-bond donors (Lipinski definition) is 1. The molecule has 1 aliphatic carbocycles. The third-order valence-corrected chi connectivity index (χ3v) is 3.76. The topological polar surface area (TPSA) is 81.5 Å². The maximum absolute atomic E-state index is 11.6. The monoisotopic (exact) mass is 300 g/mol. The van der Waals surface area contributed by atoms with E-state index < -0.39 is 16.9 Å². The van der Waals surface area contributed by atoms with Crippen LogP contribution >= 0.6 is 0 Å². The molecule has 1 fully saturated rings. The van der Waals surface area contributed by atoms with E-state index in [0.29, 0.717) is 19.6 Å². The number of rotatable bonds is 6. The van der Waals surface area contributed by atoms with Crippen LogP contribution in [0.5, 0.6) is 5.75 Å². The van der Waals surface area contributed by atoms with Crippen LogP contribution in [0.4, 0.5) is 0 Å². The first-order valence-electron chi connectivity index (χ1n) is 7.18. The first-order chi connectivity index (χ1) is 10.6. The lowest BCUT2D eigenvalue weighted by Crippen LogP contribution is -2.31. The number of carbonyl (C=O) groups is 1. The molecule has 1 N–H and O–H groups in total. The molecular weight excluding hydrogens is 284 g/mol. The molecule has 0 aromatic heterocycles. The largest absolute Gasteiger partial charge is 0.492 e. The lowest BCUT2D eigenvalue weighted by molar-refractivity contribution is -0.497. The molecule has 2 aromatic rings. The summed E-state index contributed by atoms with van der Waals surface area (Å²) < 4.78 is 5.59. The second-order valence-electron chi connectivity index (χ2n) is 5.34. The van der Waals surface area contributed by atoms with Crippen LogP contribution in [0.15, 0.2) is 42.5 Å². The van der Waals surface area contributed by atoms with Crippen LogP contribution in [0.2, 0.25) is 0 Å². The quantitative estimate of drug-likeness (QED) is 0.502. The molecule has 6 nitrogen and oxygen atoms in total. The highest BCUT2D eigenvalue weighted by Crippen LogP contribution is 2.32. The van der Waals surface area contributed by atoms with Gasteiger partial charge in [-0.3, -0.25) is 14.9 Å². The van der Waals surface area contributed by atoms with Crippen LogP contribution < -0.4 is 10.1 Å². The molecule has 0 bridgehead atoms. The molecule has 1 aliphatic rings. The zero-order chi connectivity index (χ0) is 15.5. The summed E-state index contributed by atoms with van der Waals surface area (Å²) in [7, 11) is 0. The number of nitrogens with zero attached hydrogens (tertiary/aromatic N) is 1. The van der Waals surface area contributed by atoms with Crippen molar-refractivity contribution >= 4 is 16.7 Å². The first-order valence-corrected chi connectivity index (χ1v) is 7.18. The van der Waals surface area contributed by atoms with Crippen LogP contribution in [-0.4, -0.2) is 30.0 Å². The Morgan fingerprint density at radius 2 is 2.05 bits per heavy atom. The molecule has 0 heterocycles. The van der Waals surface area contributed by atoms with E-state index in [1.54, 1.807) is 0 Å². The maximum Gasteiger partial charge on any atom is 0.230 e. The van der Waals surface area contributed by atoms with Crippen molar-refractivity contribution in [2.75, 3.05) is 13.2 Å². The van der Waals surface area contributed by atoms with Crippen molar-refractivity contribution in [2.24, 2.45) is 5.92 Å². The average molecular weight is 300 g/mol. The summed E-state index contributed by atoms with van der Waals surface area (Å²) in [6.07, 6.45) is 0.338. The predicted molar refractivity (Wildman–Crippen MR) is 81.3 cm³/mol. The number of ether oxygens (including phenoxy) is 1. The number of nitrogens with one attached hydrogen (secondary N) is 1. The van der Waals surface area contributed by atoms with Crippen molar-refractivity contribution in [3.63, 3.8) is 0 Å². The molecule has 114 valence electrons. The van der Waals surface area contributed by atoms with Crippen LogP contribution in [0, 0.1) is 16.0 Å². The second kappa shape index (κ2) is 6.01. The summed E-state index contributed by atoms with van der Waals surface area (Å²) in [4.78, 5) is 21.7. The van der Waals surface area contributed by atoms with E-state index >= 15 is 0 Å². The van der Waals surface area contributed by atoms with E-state index in [2.05, 4.69) is 5.32 Å². The Bertz CT molecular complexity index is 716. The smallest absolute Gasteiger partial charge is 0.230 e. The van der Waals surface area contributed by atoms with Crippen LogP contribution in [0.1, 0.15) is 6.42 Å². The Hall–Kier alpha value is -2.63. The van der Waals surface area contributed by atoms with Gasteiger partial charge in [0.05, 0.1) is 6.54 Å². The van der Waals surface area contributed by atoms with Crippen molar-refractivity contribution in [1.29, 1.82) is 0 Å². The van der Waals surface area contributed by atoms with Gasteiger partial charge in [0.25, 0.3) is 0 Å². The summed E-state index contributed by atoms with van der Waals surface area (Å²) in [5, 5.41) is 15.4. The van der Waals surface area contributed by atoms with Crippen molar-refractivity contribution in [1.82, 2.24) is 5.32 Å². The minimum Gasteiger partial charge on any atom is -0.492 e. The van der Waals surface area contributed by atoms with Gasteiger partial charge in [-0.1, -0.05) is 30.3 Å². The van der Waals surface area contributed by atoms with Crippen molar-refractivity contribution in [2.45, 2.75) is 12.5 Å². The molecule has 0 spiro atoms. The standard InChI is InChI=1S/C16H16N2O4/c19-16(14-10-15(14)18(20)21)17-7-8-22-13-6-5-11-3-1-2-4-12(11)9-13/h1-6,9,14-15H,7-8,10H2,(H,17,19)/t14-,15-/m1/s1. The highest BCUT2D eigenvalue weighted by molar-refractivity contribution is 5.83. The number of hydrogen-bond acceptors (Lipinski definition) is 4. The van der Waals surface area contributed by atoms with Gasteiger partial charge in [0.2, 0.25) is 11.9 Å².